The second kappa shape index (κ2) is 5.78. The van der Waals surface area contributed by atoms with Gasteiger partial charge in [-0.1, -0.05) is 11.3 Å². The van der Waals surface area contributed by atoms with E-state index in [0.29, 0.717) is 40.6 Å². The largest absolute Gasteiger partial charge is 0.486 e. The Balaban J connectivity index is 1.69. The highest BCUT2D eigenvalue weighted by Gasteiger charge is 2.18. The van der Waals surface area contributed by atoms with Gasteiger partial charge >= 0.3 is 4.87 Å². The zero-order valence-corrected chi connectivity index (χ0v) is 14.8. The van der Waals surface area contributed by atoms with Gasteiger partial charge in [-0.05, 0) is 30.3 Å². The molecule has 3 aromatic rings. The van der Waals surface area contributed by atoms with Crippen LogP contribution in [0.15, 0.2) is 46.1 Å². The van der Waals surface area contributed by atoms with Gasteiger partial charge in [-0.25, -0.2) is 8.42 Å². The highest BCUT2D eigenvalue weighted by Crippen LogP contribution is 2.33. The molecule has 0 aliphatic carbocycles. The van der Waals surface area contributed by atoms with Crippen molar-refractivity contribution in [3.63, 3.8) is 0 Å². The van der Waals surface area contributed by atoms with E-state index in [-0.39, 0.29) is 9.77 Å². The molecule has 0 fully saturated rings. The smallest absolute Gasteiger partial charge is 0.307 e. The average molecular weight is 378 g/mol. The molecule has 2 heterocycles. The quantitative estimate of drug-likeness (QED) is 0.755. The number of aryl methyl sites for hydroxylation is 1. The summed E-state index contributed by atoms with van der Waals surface area (Å²) >= 11 is 1.01. The van der Waals surface area contributed by atoms with Crippen LogP contribution in [0.3, 0.4) is 0 Å². The number of rotatable bonds is 3. The van der Waals surface area contributed by atoms with Gasteiger partial charge in [0.15, 0.2) is 11.5 Å². The topological polar surface area (TPSA) is 86.6 Å². The van der Waals surface area contributed by atoms with Crippen LogP contribution in [0.4, 0.5) is 5.69 Å². The fourth-order valence-corrected chi connectivity index (χ4v) is 4.67. The van der Waals surface area contributed by atoms with Crippen molar-refractivity contribution in [1.29, 1.82) is 0 Å². The molecule has 0 radical (unpaired) electrons. The first-order chi connectivity index (χ1) is 11.9. The van der Waals surface area contributed by atoms with Gasteiger partial charge in [-0.15, -0.1) is 0 Å². The lowest BCUT2D eigenvalue weighted by Gasteiger charge is -2.19. The van der Waals surface area contributed by atoms with E-state index < -0.39 is 10.0 Å². The molecule has 130 valence electrons. The SMILES string of the molecule is Cn1c(=O)sc2cc(S(=O)(=O)Nc3ccc4c(c3)OCCO4)ccc21. The number of aromatic nitrogens is 1. The summed E-state index contributed by atoms with van der Waals surface area (Å²) in [7, 11) is -2.13. The summed E-state index contributed by atoms with van der Waals surface area (Å²) in [4.78, 5) is 11.7. The van der Waals surface area contributed by atoms with Gasteiger partial charge in [0.2, 0.25) is 0 Å². The summed E-state index contributed by atoms with van der Waals surface area (Å²) < 4.78 is 40.8. The number of anilines is 1. The Labute approximate surface area is 147 Å². The Morgan fingerprint density at radius 2 is 1.84 bits per heavy atom. The number of hydrogen-bond donors (Lipinski definition) is 1. The van der Waals surface area contributed by atoms with Crippen LogP contribution >= 0.6 is 11.3 Å². The molecule has 0 unspecified atom stereocenters. The minimum absolute atomic E-state index is 0.0942. The van der Waals surface area contributed by atoms with Crippen LogP contribution in [0.5, 0.6) is 11.5 Å². The fourth-order valence-electron chi connectivity index (χ4n) is 2.60. The van der Waals surface area contributed by atoms with E-state index >= 15 is 0 Å². The van der Waals surface area contributed by atoms with Gasteiger partial charge in [0, 0.05) is 13.1 Å². The molecule has 1 aliphatic heterocycles. The molecule has 0 saturated carbocycles. The monoisotopic (exact) mass is 378 g/mol. The Hall–Kier alpha value is -2.52. The molecule has 4 rings (SSSR count). The standard InChI is InChI=1S/C16H14N2O5S2/c1-18-12-4-3-11(9-15(12)24-16(18)19)25(20,21)17-10-2-5-13-14(8-10)23-7-6-22-13/h2-5,8-9,17H,6-7H2,1H3. The number of nitrogens with zero attached hydrogens (tertiary/aromatic N) is 1. The highest BCUT2D eigenvalue weighted by molar-refractivity contribution is 7.92. The third-order valence-electron chi connectivity index (χ3n) is 3.87. The van der Waals surface area contributed by atoms with Crippen LogP contribution in [0.2, 0.25) is 0 Å². The number of thiazole rings is 1. The lowest BCUT2D eigenvalue weighted by Crippen LogP contribution is -2.16. The Morgan fingerprint density at radius 1 is 1.08 bits per heavy atom. The first-order valence-electron chi connectivity index (χ1n) is 7.46. The van der Waals surface area contributed by atoms with Crippen molar-refractivity contribution in [1.82, 2.24) is 4.57 Å². The van der Waals surface area contributed by atoms with Crippen LogP contribution in [-0.4, -0.2) is 26.2 Å². The molecule has 1 aromatic heterocycles. The summed E-state index contributed by atoms with van der Waals surface area (Å²) in [6.07, 6.45) is 0. The number of benzene rings is 2. The molecule has 0 amide bonds. The summed E-state index contributed by atoms with van der Waals surface area (Å²) in [5.74, 6) is 1.09. The van der Waals surface area contributed by atoms with Crippen LogP contribution in [0.25, 0.3) is 10.2 Å². The van der Waals surface area contributed by atoms with Gasteiger partial charge in [0.05, 0.1) is 20.8 Å². The number of nitrogens with one attached hydrogen (secondary N) is 1. The van der Waals surface area contributed by atoms with Crippen LogP contribution in [0.1, 0.15) is 0 Å². The van der Waals surface area contributed by atoms with Crippen molar-refractivity contribution in [3.8, 4) is 11.5 Å². The van der Waals surface area contributed by atoms with E-state index in [2.05, 4.69) is 4.72 Å². The zero-order chi connectivity index (χ0) is 17.6. The van der Waals surface area contributed by atoms with Gasteiger partial charge in [-0.2, -0.15) is 0 Å². The second-order valence-corrected chi connectivity index (χ2v) is 8.20. The van der Waals surface area contributed by atoms with Crippen molar-refractivity contribution >= 4 is 37.3 Å². The Kier molecular flexibility index (Phi) is 3.69. The molecule has 7 nitrogen and oxygen atoms in total. The second-order valence-electron chi connectivity index (χ2n) is 5.52. The van der Waals surface area contributed by atoms with Crippen LogP contribution in [0, 0.1) is 0 Å². The van der Waals surface area contributed by atoms with Crippen molar-refractivity contribution in [3.05, 3.63) is 46.1 Å². The molecule has 25 heavy (non-hydrogen) atoms. The molecule has 0 saturated heterocycles. The minimum Gasteiger partial charge on any atom is -0.486 e. The van der Waals surface area contributed by atoms with Crippen molar-refractivity contribution in [2.24, 2.45) is 7.05 Å². The van der Waals surface area contributed by atoms with Crippen molar-refractivity contribution < 1.29 is 17.9 Å². The lowest BCUT2D eigenvalue weighted by molar-refractivity contribution is 0.171. The number of hydrogen-bond acceptors (Lipinski definition) is 6. The number of sulfonamides is 1. The Bertz CT molecular complexity index is 1130. The first-order valence-corrected chi connectivity index (χ1v) is 9.76. The normalized spacial score (nSPS) is 13.8. The predicted molar refractivity (Wildman–Crippen MR) is 95.3 cm³/mol. The lowest BCUT2D eigenvalue weighted by atomic mass is 10.3. The van der Waals surface area contributed by atoms with E-state index in [0.717, 1.165) is 11.3 Å². The third-order valence-corrected chi connectivity index (χ3v) is 6.24. The summed E-state index contributed by atoms with van der Waals surface area (Å²) in [5.41, 5.74) is 1.08. The average Bonchev–Trinajstić information content (AvgIpc) is 2.88. The van der Waals surface area contributed by atoms with Crippen molar-refractivity contribution in [2.75, 3.05) is 17.9 Å². The van der Waals surface area contributed by atoms with E-state index in [4.69, 9.17) is 9.47 Å². The molecule has 2 aromatic carbocycles. The van der Waals surface area contributed by atoms with Gasteiger partial charge in [0.25, 0.3) is 10.0 Å². The molecule has 1 N–H and O–H groups in total. The summed E-state index contributed by atoms with van der Waals surface area (Å²) in [6.45, 7) is 0.894. The maximum Gasteiger partial charge on any atom is 0.307 e. The predicted octanol–water partition coefficient (Wildman–Crippen LogP) is 2.17. The molecule has 0 bridgehead atoms. The molecule has 9 heteroatoms. The summed E-state index contributed by atoms with van der Waals surface area (Å²) in [6, 6.07) is 9.48. The van der Waals surface area contributed by atoms with Crippen LogP contribution in [-0.2, 0) is 17.1 Å². The molecule has 0 atom stereocenters. The maximum atomic E-state index is 12.6. The Morgan fingerprint density at radius 3 is 2.64 bits per heavy atom. The van der Waals surface area contributed by atoms with Gasteiger partial charge in [-0.3, -0.25) is 9.52 Å². The van der Waals surface area contributed by atoms with E-state index in [1.165, 1.54) is 16.7 Å². The number of fused-ring (bicyclic) bond motifs is 2. The van der Waals surface area contributed by atoms with E-state index in [1.807, 2.05) is 0 Å². The minimum atomic E-state index is -3.79. The zero-order valence-electron chi connectivity index (χ0n) is 13.2. The molecule has 0 spiro atoms. The molecular formula is C16H14N2O5S2. The molecular weight excluding hydrogens is 364 g/mol. The maximum absolute atomic E-state index is 12.6. The third kappa shape index (κ3) is 2.85. The van der Waals surface area contributed by atoms with E-state index in [1.54, 1.807) is 31.3 Å². The fraction of sp³-hybridized carbons (Fsp3) is 0.188. The highest BCUT2D eigenvalue weighted by atomic mass is 32.2. The van der Waals surface area contributed by atoms with E-state index in [9.17, 15) is 13.2 Å². The van der Waals surface area contributed by atoms with Crippen molar-refractivity contribution in [2.45, 2.75) is 4.90 Å². The van der Waals surface area contributed by atoms with Gasteiger partial charge < -0.3 is 14.0 Å². The molecule has 1 aliphatic rings. The van der Waals surface area contributed by atoms with Crippen LogP contribution < -0.4 is 19.1 Å². The van der Waals surface area contributed by atoms with Gasteiger partial charge in [0.1, 0.15) is 13.2 Å². The summed E-state index contributed by atoms with van der Waals surface area (Å²) in [5, 5.41) is 0. The number of ether oxygens (including phenoxy) is 2. The first kappa shape index (κ1) is 16.0.